The van der Waals surface area contributed by atoms with E-state index in [9.17, 15) is 4.39 Å². The van der Waals surface area contributed by atoms with E-state index in [-0.39, 0.29) is 11.9 Å². The van der Waals surface area contributed by atoms with Gasteiger partial charge in [-0.05, 0) is 32.0 Å². The highest BCUT2D eigenvalue weighted by atomic mass is 32.1. The molecule has 0 spiro atoms. The van der Waals surface area contributed by atoms with E-state index in [0.717, 1.165) is 15.3 Å². The van der Waals surface area contributed by atoms with Crippen LogP contribution >= 0.6 is 11.3 Å². The average molecular weight is 254 g/mol. The Hall–Kier alpha value is -1.20. The number of hydrogen-bond acceptors (Lipinski definition) is 4. The van der Waals surface area contributed by atoms with Gasteiger partial charge in [0, 0.05) is 13.2 Å². The highest BCUT2D eigenvalue weighted by Gasteiger charge is 2.06. The van der Waals surface area contributed by atoms with Gasteiger partial charge in [0.15, 0.2) is 5.13 Å². The van der Waals surface area contributed by atoms with Crippen molar-refractivity contribution in [2.45, 2.75) is 20.0 Å². The predicted octanol–water partition coefficient (Wildman–Crippen LogP) is 3.27. The SMILES string of the molecule is CCOC(C)CNc1nc2ccc(F)cc2s1. The Morgan fingerprint density at radius 2 is 2.35 bits per heavy atom. The molecule has 0 saturated carbocycles. The van der Waals surface area contributed by atoms with Crippen molar-refractivity contribution in [1.82, 2.24) is 4.98 Å². The van der Waals surface area contributed by atoms with Gasteiger partial charge in [0.2, 0.25) is 0 Å². The molecule has 0 aliphatic heterocycles. The fourth-order valence-corrected chi connectivity index (χ4v) is 2.45. The lowest BCUT2D eigenvalue weighted by Gasteiger charge is -2.11. The van der Waals surface area contributed by atoms with Gasteiger partial charge in [-0.15, -0.1) is 0 Å². The summed E-state index contributed by atoms with van der Waals surface area (Å²) in [7, 11) is 0. The third-order valence-electron chi connectivity index (χ3n) is 2.34. The molecular formula is C12H15FN2OS. The van der Waals surface area contributed by atoms with Crippen molar-refractivity contribution < 1.29 is 9.13 Å². The summed E-state index contributed by atoms with van der Waals surface area (Å²) in [6, 6.07) is 4.62. The van der Waals surface area contributed by atoms with Crippen LogP contribution in [0, 0.1) is 5.82 Å². The highest BCUT2D eigenvalue weighted by Crippen LogP contribution is 2.26. The Labute approximate surface area is 104 Å². The van der Waals surface area contributed by atoms with Crippen LogP contribution in [0.5, 0.6) is 0 Å². The second-order valence-corrected chi connectivity index (χ2v) is 4.81. The van der Waals surface area contributed by atoms with Gasteiger partial charge in [0.25, 0.3) is 0 Å². The molecule has 0 radical (unpaired) electrons. The Morgan fingerprint density at radius 3 is 3.12 bits per heavy atom. The third kappa shape index (κ3) is 3.14. The lowest BCUT2D eigenvalue weighted by atomic mass is 10.3. The van der Waals surface area contributed by atoms with Crippen LogP contribution in [0.3, 0.4) is 0 Å². The molecule has 0 aliphatic rings. The maximum Gasteiger partial charge on any atom is 0.183 e. The van der Waals surface area contributed by atoms with Gasteiger partial charge in [-0.25, -0.2) is 9.37 Å². The zero-order valence-electron chi connectivity index (χ0n) is 9.87. The number of rotatable bonds is 5. The number of nitrogens with one attached hydrogen (secondary N) is 1. The van der Waals surface area contributed by atoms with Gasteiger partial charge in [0.1, 0.15) is 5.82 Å². The van der Waals surface area contributed by atoms with Crippen molar-refractivity contribution in [1.29, 1.82) is 0 Å². The Bertz CT molecular complexity index is 500. The standard InChI is InChI=1S/C12H15FN2OS/c1-3-16-8(2)7-14-12-15-10-5-4-9(13)6-11(10)17-12/h4-6,8H,3,7H2,1-2H3,(H,14,15). The highest BCUT2D eigenvalue weighted by molar-refractivity contribution is 7.22. The molecule has 1 aromatic carbocycles. The first kappa shape index (κ1) is 12.3. The predicted molar refractivity (Wildman–Crippen MR) is 69.2 cm³/mol. The maximum absolute atomic E-state index is 13.0. The van der Waals surface area contributed by atoms with Crippen LogP contribution in [0.15, 0.2) is 18.2 Å². The molecule has 0 aliphatic carbocycles. The smallest absolute Gasteiger partial charge is 0.183 e. The summed E-state index contributed by atoms with van der Waals surface area (Å²) in [4.78, 5) is 4.37. The molecule has 2 rings (SSSR count). The molecule has 0 amide bonds. The Balaban J connectivity index is 2.04. The number of hydrogen-bond donors (Lipinski definition) is 1. The normalized spacial score (nSPS) is 12.9. The minimum absolute atomic E-state index is 0.142. The van der Waals surface area contributed by atoms with Crippen LogP contribution in [-0.2, 0) is 4.74 Å². The third-order valence-corrected chi connectivity index (χ3v) is 3.32. The average Bonchev–Trinajstić information content (AvgIpc) is 2.68. The molecule has 1 heterocycles. The van der Waals surface area contributed by atoms with E-state index >= 15 is 0 Å². The molecule has 1 aromatic heterocycles. The molecule has 1 unspecified atom stereocenters. The number of aromatic nitrogens is 1. The van der Waals surface area contributed by atoms with Gasteiger partial charge in [-0.1, -0.05) is 11.3 Å². The number of halogens is 1. The molecule has 0 saturated heterocycles. The van der Waals surface area contributed by atoms with Gasteiger partial charge in [-0.2, -0.15) is 0 Å². The molecule has 2 aromatic rings. The summed E-state index contributed by atoms with van der Waals surface area (Å²) in [5.41, 5.74) is 0.822. The molecule has 92 valence electrons. The second kappa shape index (κ2) is 5.42. The molecule has 5 heteroatoms. The summed E-state index contributed by atoms with van der Waals surface area (Å²) in [6.45, 7) is 5.38. The van der Waals surface area contributed by atoms with Crippen LogP contribution < -0.4 is 5.32 Å². The fourth-order valence-electron chi connectivity index (χ4n) is 1.55. The lowest BCUT2D eigenvalue weighted by molar-refractivity contribution is 0.0855. The first-order chi connectivity index (χ1) is 8.19. The summed E-state index contributed by atoms with van der Waals surface area (Å²) < 4.78 is 19.3. The summed E-state index contributed by atoms with van der Waals surface area (Å²) in [5, 5.41) is 4.00. The minimum Gasteiger partial charge on any atom is -0.377 e. The van der Waals surface area contributed by atoms with Crippen molar-refractivity contribution in [2.24, 2.45) is 0 Å². The molecule has 17 heavy (non-hydrogen) atoms. The number of fused-ring (bicyclic) bond motifs is 1. The van der Waals surface area contributed by atoms with Crippen LogP contribution in [0.25, 0.3) is 10.2 Å². The molecule has 0 fully saturated rings. The minimum atomic E-state index is -0.226. The topological polar surface area (TPSA) is 34.1 Å². The molecule has 3 nitrogen and oxygen atoms in total. The fraction of sp³-hybridized carbons (Fsp3) is 0.417. The quantitative estimate of drug-likeness (QED) is 0.889. The monoisotopic (exact) mass is 254 g/mol. The Kier molecular flexibility index (Phi) is 3.91. The summed E-state index contributed by atoms with van der Waals surface area (Å²) in [5.74, 6) is -0.226. The van der Waals surface area contributed by atoms with Crippen molar-refractivity contribution in [3.63, 3.8) is 0 Å². The van der Waals surface area contributed by atoms with Crippen LogP contribution in [0.1, 0.15) is 13.8 Å². The first-order valence-corrected chi connectivity index (χ1v) is 6.42. The number of thiazole rings is 1. The largest absolute Gasteiger partial charge is 0.377 e. The molecular weight excluding hydrogens is 239 g/mol. The van der Waals surface area contributed by atoms with Crippen LogP contribution in [0.2, 0.25) is 0 Å². The van der Waals surface area contributed by atoms with Gasteiger partial charge >= 0.3 is 0 Å². The summed E-state index contributed by atoms with van der Waals surface area (Å²) in [6.07, 6.45) is 0.142. The van der Waals surface area contributed by atoms with Gasteiger partial charge in [-0.3, -0.25) is 0 Å². The Morgan fingerprint density at radius 1 is 1.53 bits per heavy atom. The second-order valence-electron chi connectivity index (χ2n) is 3.78. The van der Waals surface area contributed by atoms with Crippen LogP contribution in [0.4, 0.5) is 9.52 Å². The zero-order valence-corrected chi connectivity index (χ0v) is 10.7. The van der Waals surface area contributed by atoms with E-state index in [0.29, 0.717) is 13.2 Å². The summed E-state index contributed by atoms with van der Waals surface area (Å²) >= 11 is 1.45. The van der Waals surface area contributed by atoms with E-state index in [4.69, 9.17) is 4.74 Å². The van der Waals surface area contributed by atoms with E-state index in [1.807, 2.05) is 13.8 Å². The van der Waals surface area contributed by atoms with E-state index in [1.165, 1.54) is 23.5 Å². The number of ether oxygens (including phenoxy) is 1. The van der Waals surface area contributed by atoms with E-state index in [2.05, 4.69) is 10.3 Å². The van der Waals surface area contributed by atoms with Gasteiger partial charge in [0.05, 0.1) is 16.3 Å². The van der Waals surface area contributed by atoms with E-state index in [1.54, 1.807) is 6.07 Å². The van der Waals surface area contributed by atoms with Gasteiger partial charge < -0.3 is 10.1 Å². The molecule has 1 N–H and O–H groups in total. The maximum atomic E-state index is 13.0. The van der Waals surface area contributed by atoms with Crippen molar-refractivity contribution in [3.8, 4) is 0 Å². The van der Waals surface area contributed by atoms with Crippen molar-refractivity contribution in [2.75, 3.05) is 18.5 Å². The zero-order chi connectivity index (χ0) is 12.3. The van der Waals surface area contributed by atoms with Crippen molar-refractivity contribution in [3.05, 3.63) is 24.0 Å². The number of anilines is 1. The lowest BCUT2D eigenvalue weighted by Crippen LogP contribution is -2.19. The van der Waals surface area contributed by atoms with Crippen molar-refractivity contribution >= 4 is 26.7 Å². The number of nitrogens with zero attached hydrogens (tertiary/aromatic N) is 1. The van der Waals surface area contributed by atoms with E-state index < -0.39 is 0 Å². The number of benzene rings is 1. The van der Waals surface area contributed by atoms with Crippen LogP contribution in [-0.4, -0.2) is 24.2 Å². The molecule has 0 bridgehead atoms. The molecule has 1 atom stereocenters. The first-order valence-electron chi connectivity index (χ1n) is 5.60.